The van der Waals surface area contributed by atoms with Gasteiger partial charge in [-0.25, -0.2) is 0 Å². The van der Waals surface area contributed by atoms with Gasteiger partial charge < -0.3 is 10.2 Å². The third kappa shape index (κ3) is 9.18. The van der Waals surface area contributed by atoms with Gasteiger partial charge in [-0.3, -0.25) is 0 Å². The van der Waals surface area contributed by atoms with Crippen molar-refractivity contribution in [3.63, 3.8) is 0 Å². The number of benzene rings is 2. The Balaban J connectivity index is 1.66. The van der Waals surface area contributed by atoms with Gasteiger partial charge in [0.15, 0.2) is 0 Å². The fourth-order valence-electron chi connectivity index (χ4n) is 4.32. The number of rotatable bonds is 12. The van der Waals surface area contributed by atoms with E-state index in [9.17, 15) is 14.8 Å². The van der Waals surface area contributed by atoms with E-state index in [2.05, 4.69) is 53.7 Å². The minimum atomic E-state index is -2.10. The number of hydrogen-bond donors (Lipinski definition) is 2. The number of hydrogen-bond acceptors (Lipinski definition) is 5. The summed E-state index contributed by atoms with van der Waals surface area (Å²) < 4.78 is 22.8. The number of unbranched alkanes of at least 4 members (excludes halogenated alkanes) is 2. The summed E-state index contributed by atoms with van der Waals surface area (Å²) in [5.74, 6) is 0.771. The van der Waals surface area contributed by atoms with Gasteiger partial charge in [0.1, 0.15) is 24.7 Å². The lowest BCUT2D eigenvalue weighted by atomic mass is 9.83. The van der Waals surface area contributed by atoms with Gasteiger partial charge in [0.05, 0.1) is 0 Å². The average molecular weight is 518 g/mol. The molecule has 6 heteroatoms. The van der Waals surface area contributed by atoms with E-state index in [1.165, 1.54) is 11.1 Å². The lowest BCUT2D eigenvalue weighted by molar-refractivity contribution is 0.219. The highest BCUT2D eigenvalue weighted by atomic mass is 31.1. The molecule has 0 spiro atoms. The van der Waals surface area contributed by atoms with Crippen LogP contribution in [0.5, 0.6) is 11.5 Å². The van der Waals surface area contributed by atoms with Crippen molar-refractivity contribution >= 4 is 8.25 Å². The zero-order chi connectivity index (χ0) is 27.1. The molecule has 36 heavy (non-hydrogen) atoms. The van der Waals surface area contributed by atoms with Gasteiger partial charge >= 0.3 is 8.25 Å². The standard InChI is InChI=1S/C30H45O5P/c1-21-17-23(19-25(27(21)31)29(3,4)5)13-9-11-15-34-36(33)35-16-12-10-14-24-18-22(2)28(32)26(20-24)30(6,7)8/h17-20H,9-16H2,1-8H3,(H-,31,32)/p+1. The van der Waals surface area contributed by atoms with Crippen LogP contribution in [0.3, 0.4) is 0 Å². The summed E-state index contributed by atoms with van der Waals surface area (Å²) in [6, 6.07) is 8.27. The Morgan fingerprint density at radius 3 is 1.36 bits per heavy atom. The molecule has 0 aliphatic carbocycles. The first-order chi connectivity index (χ1) is 16.7. The second-order valence-corrected chi connectivity index (χ2v) is 12.9. The third-order valence-electron chi connectivity index (χ3n) is 6.45. The highest BCUT2D eigenvalue weighted by Crippen LogP contribution is 2.35. The van der Waals surface area contributed by atoms with Crippen LogP contribution < -0.4 is 0 Å². The highest BCUT2D eigenvalue weighted by Gasteiger charge is 2.22. The van der Waals surface area contributed by atoms with Crippen molar-refractivity contribution in [2.75, 3.05) is 13.2 Å². The molecule has 0 saturated carbocycles. The van der Waals surface area contributed by atoms with Gasteiger partial charge in [0.2, 0.25) is 0 Å². The SMILES string of the molecule is Cc1cc(CCCCO[P+](=O)OCCCCc2cc(C)c(O)c(C(C)(C)C)c2)cc(C(C)(C)C)c1O. The summed E-state index contributed by atoms with van der Waals surface area (Å²) >= 11 is 0. The average Bonchev–Trinajstić information content (AvgIpc) is 2.76. The van der Waals surface area contributed by atoms with Crippen LogP contribution in [0.15, 0.2) is 24.3 Å². The fourth-order valence-corrected chi connectivity index (χ4v) is 4.95. The first kappa shape index (κ1) is 30.3. The summed E-state index contributed by atoms with van der Waals surface area (Å²) in [5.41, 5.74) is 5.94. The minimum Gasteiger partial charge on any atom is -0.507 e. The summed E-state index contributed by atoms with van der Waals surface area (Å²) in [6.07, 6.45) is 5.20. The Morgan fingerprint density at radius 2 is 1.03 bits per heavy atom. The maximum Gasteiger partial charge on any atom is 0.697 e. The maximum atomic E-state index is 12.0. The van der Waals surface area contributed by atoms with Crippen LogP contribution >= 0.6 is 8.25 Å². The van der Waals surface area contributed by atoms with Crippen LogP contribution in [-0.2, 0) is 37.3 Å². The van der Waals surface area contributed by atoms with Crippen molar-refractivity contribution in [2.45, 2.75) is 105 Å². The van der Waals surface area contributed by atoms with E-state index in [1.54, 1.807) is 0 Å². The van der Waals surface area contributed by atoms with E-state index < -0.39 is 8.25 Å². The van der Waals surface area contributed by atoms with Crippen LogP contribution in [0, 0.1) is 13.8 Å². The molecule has 0 unspecified atom stereocenters. The maximum absolute atomic E-state index is 12.0. The predicted octanol–water partition coefficient (Wildman–Crippen LogP) is 8.35. The molecule has 0 aromatic heterocycles. The zero-order valence-corrected chi connectivity index (χ0v) is 24.4. The topological polar surface area (TPSA) is 76.0 Å². The van der Waals surface area contributed by atoms with E-state index in [-0.39, 0.29) is 10.8 Å². The Labute approximate surface area is 219 Å². The molecule has 5 nitrogen and oxygen atoms in total. The Kier molecular flexibility index (Phi) is 11.0. The Morgan fingerprint density at radius 1 is 0.667 bits per heavy atom. The van der Waals surface area contributed by atoms with Crippen LogP contribution in [0.4, 0.5) is 0 Å². The predicted molar refractivity (Wildman–Crippen MR) is 148 cm³/mol. The van der Waals surface area contributed by atoms with Crippen LogP contribution in [-0.4, -0.2) is 23.4 Å². The van der Waals surface area contributed by atoms with E-state index in [0.717, 1.165) is 60.8 Å². The van der Waals surface area contributed by atoms with Crippen LogP contribution in [0.1, 0.15) is 101 Å². The fraction of sp³-hybridized carbons (Fsp3) is 0.600. The first-order valence-electron chi connectivity index (χ1n) is 13.1. The molecule has 0 atom stereocenters. The second-order valence-electron chi connectivity index (χ2n) is 11.9. The number of aryl methyl sites for hydroxylation is 4. The molecule has 2 N–H and O–H groups in total. The Hall–Kier alpha value is -1.94. The van der Waals surface area contributed by atoms with Crippen molar-refractivity contribution in [1.29, 1.82) is 0 Å². The van der Waals surface area contributed by atoms with E-state index in [0.29, 0.717) is 24.7 Å². The van der Waals surface area contributed by atoms with Crippen molar-refractivity contribution in [3.8, 4) is 11.5 Å². The lowest BCUT2D eigenvalue weighted by Crippen LogP contribution is -2.12. The van der Waals surface area contributed by atoms with Gasteiger partial charge in [-0.2, -0.15) is 0 Å². The molecule has 0 fully saturated rings. The summed E-state index contributed by atoms with van der Waals surface area (Å²) in [5, 5.41) is 20.8. The zero-order valence-electron chi connectivity index (χ0n) is 23.5. The normalized spacial score (nSPS) is 12.2. The van der Waals surface area contributed by atoms with Gasteiger partial charge in [-0.05, 0) is 96.6 Å². The monoisotopic (exact) mass is 517 g/mol. The summed E-state index contributed by atoms with van der Waals surface area (Å²) in [7, 11) is -2.10. The lowest BCUT2D eigenvalue weighted by Gasteiger charge is -2.22. The van der Waals surface area contributed by atoms with Crippen LogP contribution in [0.25, 0.3) is 0 Å². The van der Waals surface area contributed by atoms with Crippen LogP contribution in [0.2, 0.25) is 0 Å². The molecule has 2 aromatic carbocycles. The van der Waals surface area contributed by atoms with Crippen molar-refractivity contribution in [3.05, 3.63) is 57.6 Å². The van der Waals surface area contributed by atoms with Crippen molar-refractivity contribution in [2.24, 2.45) is 0 Å². The molecule has 2 rings (SSSR count). The van der Waals surface area contributed by atoms with E-state index in [1.807, 2.05) is 26.0 Å². The number of phenols is 2. The molecule has 0 saturated heterocycles. The molecule has 0 amide bonds. The van der Waals surface area contributed by atoms with Gasteiger partial charge in [-0.1, -0.05) is 65.8 Å². The Bertz CT molecular complexity index is 950. The van der Waals surface area contributed by atoms with E-state index >= 15 is 0 Å². The largest absolute Gasteiger partial charge is 0.697 e. The van der Waals surface area contributed by atoms with Gasteiger partial charge in [0, 0.05) is 4.57 Å². The summed E-state index contributed by atoms with van der Waals surface area (Å²) in [4.78, 5) is 0. The highest BCUT2D eigenvalue weighted by molar-refractivity contribution is 7.33. The molecule has 0 bridgehead atoms. The minimum absolute atomic E-state index is 0.109. The van der Waals surface area contributed by atoms with Crippen molar-refractivity contribution < 1.29 is 23.8 Å². The molecule has 0 radical (unpaired) electrons. The smallest absolute Gasteiger partial charge is 0.507 e. The molecule has 0 aliphatic heterocycles. The first-order valence-corrected chi connectivity index (χ1v) is 14.2. The number of aromatic hydroxyl groups is 2. The summed E-state index contributed by atoms with van der Waals surface area (Å²) in [6.45, 7) is 17.3. The number of phenolic OH excluding ortho intramolecular Hbond substituents is 2. The molecule has 200 valence electrons. The molecule has 2 aromatic rings. The molecule has 0 heterocycles. The molecular weight excluding hydrogens is 471 g/mol. The van der Waals surface area contributed by atoms with Gasteiger partial charge in [-0.15, -0.1) is 9.05 Å². The molecular formula is C30H46O5P+. The van der Waals surface area contributed by atoms with E-state index in [4.69, 9.17) is 9.05 Å². The molecule has 0 aliphatic rings. The van der Waals surface area contributed by atoms with Crippen molar-refractivity contribution in [1.82, 2.24) is 0 Å². The third-order valence-corrected chi connectivity index (χ3v) is 7.24. The second kappa shape index (κ2) is 13.0. The van der Waals surface area contributed by atoms with Gasteiger partial charge in [0.25, 0.3) is 0 Å². The quantitative estimate of drug-likeness (QED) is 0.219.